The summed E-state index contributed by atoms with van der Waals surface area (Å²) in [6, 6.07) is 0. The Morgan fingerprint density at radius 3 is 1.92 bits per heavy atom. The van der Waals surface area contributed by atoms with E-state index in [0.29, 0.717) is 6.61 Å². The minimum absolute atomic E-state index is 0. The standard InChI is InChI=1S/C18H33NO6.K/c1-3-4-5-6-7-8-9-10-11-12-13-24-25-16(2)19(14-17(20)21)15-18(22)23;/h2-15H2,1H3,(H,20,21)(H,22,23);/q;+1/p-1. The van der Waals surface area contributed by atoms with Gasteiger partial charge in [0.25, 0.3) is 0 Å². The molecule has 0 heterocycles. The van der Waals surface area contributed by atoms with Gasteiger partial charge in [-0.2, -0.15) is 4.89 Å². The SMILES string of the molecule is C=C(OOCCCCCCCCCCCC)N(CC(=O)[O-])CC(=O)O.[K+]. The Balaban J connectivity index is 0. The van der Waals surface area contributed by atoms with Gasteiger partial charge in [-0.25, -0.2) is 0 Å². The molecule has 0 unspecified atom stereocenters. The summed E-state index contributed by atoms with van der Waals surface area (Å²) in [4.78, 5) is 32.0. The first-order valence-electron chi connectivity index (χ1n) is 9.12. The maximum absolute atomic E-state index is 10.7. The topological polar surface area (TPSA) is 99.1 Å². The van der Waals surface area contributed by atoms with Gasteiger partial charge in [-0.3, -0.25) is 4.79 Å². The summed E-state index contributed by atoms with van der Waals surface area (Å²) in [6.45, 7) is 4.87. The summed E-state index contributed by atoms with van der Waals surface area (Å²) >= 11 is 0. The molecule has 0 aromatic carbocycles. The van der Waals surface area contributed by atoms with Crippen molar-refractivity contribution < 1.29 is 81.0 Å². The van der Waals surface area contributed by atoms with Crippen LogP contribution >= 0.6 is 0 Å². The van der Waals surface area contributed by atoms with E-state index < -0.39 is 25.0 Å². The summed E-state index contributed by atoms with van der Waals surface area (Å²) < 4.78 is 0. The van der Waals surface area contributed by atoms with Crippen LogP contribution < -0.4 is 56.5 Å². The van der Waals surface area contributed by atoms with Gasteiger partial charge in [-0.15, -0.1) is 0 Å². The summed E-state index contributed by atoms with van der Waals surface area (Å²) in [5.74, 6) is -2.76. The second-order valence-electron chi connectivity index (χ2n) is 6.10. The van der Waals surface area contributed by atoms with Crippen LogP contribution in [0.15, 0.2) is 12.5 Å². The van der Waals surface area contributed by atoms with Gasteiger partial charge >= 0.3 is 57.4 Å². The quantitative estimate of drug-likeness (QED) is 0.109. The van der Waals surface area contributed by atoms with Crippen LogP contribution in [0.2, 0.25) is 0 Å². The predicted octanol–water partition coefficient (Wildman–Crippen LogP) is -0.533. The first-order valence-corrected chi connectivity index (χ1v) is 9.12. The van der Waals surface area contributed by atoms with E-state index >= 15 is 0 Å². The number of carbonyl (C=O) groups excluding carboxylic acids is 1. The Morgan fingerprint density at radius 2 is 1.46 bits per heavy atom. The minimum atomic E-state index is -1.42. The molecular formula is C18H32KNO6. The van der Waals surface area contributed by atoms with Crippen LogP contribution in [0.4, 0.5) is 0 Å². The van der Waals surface area contributed by atoms with Gasteiger partial charge in [0.1, 0.15) is 6.54 Å². The maximum Gasteiger partial charge on any atom is 1.00 e. The summed E-state index contributed by atoms with van der Waals surface area (Å²) in [6.07, 6.45) is 12.1. The molecule has 0 aliphatic rings. The van der Waals surface area contributed by atoms with E-state index in [2.05, 4.69) is 13.5 Å². The van der Waals surface area contributed by atoms with Crippen LogP contribution in [0, 0.1) is 0 Å². The number of nitrogens with zero attached hydrogens (tertiary/aromatic N) is 1. The van der Waals surface area contributed by atoms with Crippen molar-refractivity contribution in [2.24, 2.45) is 0 Å². The fraction of sp³-hybridized carbons (Fsp3) is 0.778. The molecule has 0 bridgehead atoms. The monoisotopic (exact) mass is 397 g/mol. The molecule has 0 aromatic rings. The van der Waals surface area contributed by atoms with E-state index in [1.165, 1.54) is 44.9 Å². The molecular weight excluding hydrogens is 365 g/mol. The third kappa shape index (κ3) is 18.7. The van der Waals surface area contributed by atoms with Crippen molar-refractivity contribution in [1.29, 1.82) is 0 Å². The Kier molecular flexibility index (Phi) is 21.2. The van der Waals surface area contributed by atoms with Gasteiger partial charge in [0.15, 0.2) is 0 Å². The molecule has 0 aliphatic carbocycles. The molecule has 26 heavy (non-hydrogen) atoms. The van der Waals surface area contributed by atoms with E-state index in [9.17, 15) is 14.7 Å². The fourth-order valence-corrected chi connectivity index (χ4v) is 2.36. The molecule has 0 fully saturated rings. The van der Waals surface area contributed by atoms with Gasteiger partial charge in [0.2, 0.25) is 5.88 Å². The molecule has 0 aliphatic heterocycles. The molecule has 0 saturated carbocycles. The van der Waals surface area contributed by atoms with Crippen LogP contribution in [0.5, 0.6) is 0 Å². The van der Waals surface area contributed by atoms with Gasteiger partial charge in [0, 0.05) is 0 Å². The Hall–Kier alpha value is -0.124. The zero-order valence-electron chi connectivity index (χ0n) is 16.3. The average molecular weight is 398 g/mol. The van der Waals surface area contributed by atoms with Crippen molar-refractivity contribution in [3.05, 3.63) is 12.5 Å². The molecule has 7 nitrogen and oxygen atoms in total. The average Bonchev–Trinajstić information content (AvgIpc) is 2.54. The van der Waals surface area contributed by atoms with E-state index in [-0.39, 0.29) is 57.3 Å². The number of rotatable bonds is 18. The molecule has 0 spiro atoms. The van der Waals surface area contributed by atoms with Crippen LogP contribution in [-0.4, -0.2) is 41.6 Å². The van der Waals surface area contributed by atoms with Crippen molar-refractivity contribution in [3.8, 4) is 0 Å². The molecule has 0 rings (SSSR count). The van der Waals surface area contributed by atoms with Gasteiger partial charge in [-0.05, 0) is 13.0 Å². The molecule has 8 heteroatoms. The third-order valence-electron chi connectivity index (χ3n) is 3.74. The fourth-order valence-electron chi connectivity index (χ4n) is 2.36. The van der Waals surface area contributed by atoms with Crippen LogP contribution in [0.25, 0.3) is 0 Å². The van der Waals surface area contributed by atoms with Gasteiger partial charge in [-0.1, -0.05) is 64.7 Å². The number of carboxylic acids is 2. The molecule has 0 amide bonds. The van der Waals surface area contributed by atoms with E-state index in [0.717, 1.165) is 24.2 Å². The van der Waals surface area contributed by atoms with Crippen molar-refractivity contribution in [3.63, 3.8) is 0 Å². The Morgan fingerprint density at radius 1 is 0.962 bits per heavy atom. The third-order valence-corrected chi connectivity index (χ3v) is 3.74. The van der Waals surface area contributed by atoms with Crippen molar-refractivity contribution in [2.75, 3.05) is 19.7 Å². The number of carbonyl (C=O) groups is 2. The minimum Gasteiger partial charge on any atom is -0.548 e. The molecule has 0 atom stereocenters. The van der Waals surface area contributed by atoms with Crippen molar-refractivity contribution in [1.82, 2.24) is 4.90 Å². The smallest absolute Gasteiger partial charge is 0.548 e. The number of aliphatic carboxylic acids is 2. The van der Waals surface area contributed by atoms with E-state index in [1.807, 2.05) is 0 Å². The molecule has 0 aromatic heterocycles. The van der Waals surface area contributed by atoms with Crippen molar-refractivity contribution in [2.45, 2.75) is 71.1 Å². The van der Waals surface area contributed by atoms with E-state index in [4.69, 9.17) is 14.9 Å². The second-order valence-corrected chi connectivity index (χ2v) is 6.10. The van der Waals surface area contributed by atoms with Gasteiger partial charge in [0.05, 0.1) is 19.1 Å². The summed E-state index contributed by atoms with van der Waals surface area (Å²) in [7, 11) is 0. The van der Waals surface area contributed by atoms with Crippen LogP contribution in [-0.2, 0) is 19.4 Å². The van der Waals surface area contributed by atoms with Crippen LogP contribution in [0.1, 0.15) is 71.1 Å². The number of unbranched alkanes of at least 4 members (excludes halogenated alkanes) is 9. The second kappa shape index (κ2) is 19.6. The van der Waals surface area contributed by atoms with E-state index in [1.54, 1.807) is 0 Å². The molecule has 0 saturated heterocycles. The normalized spacial score (nSPS) is 10.0. The number of carboxylic acid groups (broad SMARTS) is 2. The largest absolute Gasteiger partial charge is 1.00 e. The van der Waals surface area contributed by atoms with Gasteiger partial charge < -0.3 is 24.8 Å². The first-order chi connectivity index (χ1) is 12.0. The summed E-state index contributed by atoms with van der Waals surface area (Å²) in [5.41, 5.74) is 0. The molecule has 0 radical (unpaired) electrons. The maximum atomic E-state index is 10.7. The molecule has 1 N–H and O–H groups in total. The van der Waals surface area contributed by atoms with Crippen molar-refractivity contribution >= 4 is 11.9 Å². The van der Waals surface area contributed by atoms with Crippen LogP contribution in [0.3, 0.4) is 0 Å². The number of hydrogen-bond acceptors (Lipinski definition) is 6. The zero-order chi connectivity index (χ0) is 18.9. The Labute approximate surface area is 199 Å². The predicted molar refractivity (Wildman–Crippen MR) is 92.2 cm³/mol. The number of hydrogen-bond donors (Lipinski definition) is 1. The summed E-state index contributed by atoms with van der Waals surface area (Å²) in [5, 5.41) is 19.3. The Bertz CT molecular complexity index is 376. The molecule has 146 valence electrons. The zero-order valence-corrected chi connectivity index (χ0v) is 19.5. The first kappa shape index (κ1) is 28.1.